The number of hydrogen-bond acceptors (Lipinski definition) is 2. The Hall–Kier alpha value is -0.730. The first-order valence-electron chi connectivity index (χ1n) is 4.99. The van der Waals surface area contributed by atoms with E-state index in [2.05, 4.69) is 5.32 Å². The van der Waals surface area contributed by atoms with Gasteiger partial charge in [-0.15, -0.1) is 0 Å². The molecule has 1 aromatic rings. The van der Waals surface area contributed by atoms with Gasteiger partial charge in [-0.1, -0.05) is 11.6 Å². The zero-order chi connectivity index (χ0) is 9.97. The summed E-state index contributed by atoms with van der Waals surface area (Å²) in [5.41, 5.74) is 6.85. The van der Waals surface area contributed by atoms with Crippen LogP contribution in [-0.2, 0) is 0 Å². The number of nitrogens with two attached hydrogens (primary N) is 1. The van der Waals surface area contributed by atoms with Crippen LogP contribution in [0.2, 0.25) is 5.02 Å². The third-order valence-electron chi connectivity index (χ3n) is 2.71. The summed E-state index contributed by atoms with van der Waals surface area (Å²) in [7, 11) is 0. The van der Waals surface area contributed by atoms with Crippen LogP contribution in [0, 0.1) is 5.92 Å². The molecule has 2 nitrogen and oxygen atoms in total. The molecule has 0 radical (unpaired) electrons. The number of anilines is 1. The molecule has 0 bridgehead atoms. The Morgan fingerprint density at radius 3 is 2.50 bits per heavy atom. The van der Waals surface area contributed by atoms with Gasteiger partial charge in [-0.05, 0) is 43.0 Å². The van der Waals surface area contributed by atoms with Crippen molar-refractivity contribution in [1.29, 1.82) is 0 Å². The molecule has 3 heteroatoms. The average Bonchev–Trinajstić information content (AvgIpc) is 2.13. The molecule has 76 valence electrons. The van der Waals surface area contributed by atoms with Gasteiger partial charge in [0.05, 0.1) is 0 Å². The van der Waals surface area contributed by atoms with Crippen molar-refractivity contribution in [2.45, 2.75) is 18.9 Å². The minimum Gasteiger partial charge on any atom is -0.385 e. The van der Waals surface area contributed by atoms with Crippen molar-refractivity contribution < 1.29 is 0 Å². The molecule has 1 aliphatic rings. The van der Waals surface area contributed by atoms with E-state index in [-0.39, 0.29) is 0 Å². The first-order valence-corrected chi connectivity index (χ1v) is 5.37. The highest BCUT2D eigenvalue weighted by Gasteiger charge is 2.25. The lowest BCUT2D eigenvalue weighted by Gasteiger charge is -2.32. The second-order valence-electron chi connectivity index (χ2n) is 3.99. The van der Waals surface area contributed by atoms with Crippen LogP contribution in [0.3, 0.4) is 0 Å². The Kier molecular flexibility index (Phi) is 2.94. The summed E-state index contributed by atoms with van der Waals surface area (Å²) >= 11 is 5.79. The summed E-state index contributed by atoms with van der Waals surface area (Å²) in [6.45, 7) is 1.02. The molecular formula is C11H15ClN2. The van der Waals surface area contributed by atoms with Crippen molar-refractivity contribution >= 4 is 17.3 Å². The Bertz CT molecular complexity index is 291. The van der Waals surface area contributed by atoms with Crippen LogP contribution in [0.4, 0.5) is 5.69 Å². The van der Waals surface area contributed by atoms with Crippen molar-refractivity contribution in [3.05, 3.63) is 29.3 Å². The van der Waals surface area contributed by atoms with Crippen LogP contribution in [0.25, 0.3) is 0 Å². The third-order valence-corrected chi connectivity index (χ3v) is 2.96. The summed E-state index contributed by atoms with van der Waals surface area (Å²) in [6.07, 6.45) is 2.31. The van der Waals surface area contributed by atoms with Crippen LogP contribution in [0.15, 0.2) is 24.3 Å². The molecule has 0 amide bonds. The van der Waals surface area contributed by atoms with Crippen molar-refractivity contribution in [3.8, 4) is 0 Å². The summed E-state index contributed by atoms with van der Waals surface area (Å²) < 4.78 is 0. The highest BCUT2D eigenvalue weighted by molar-refractivity contribution is 6.30. The van der Waals surface area contributed by atoms with Crippen LogP contribution in [0.1, 0.15) is 12.8 Å². The highest BCUT2D eigenvalue weighted by atomic mass is 35.5. The predicted octanol–water partition coefficient (Wildman–Crippen LogP) is 2.49. The first-order chi connectivity index (χ1) is 6.74. The molecule has 0 aromatic heterocycles. The van der Waals surface area contributed by atoms with E-state index in [4.69, 9.17) is 17.3 Å². The van der Waals surface area contributed by atoms with Crippen LogP contribution >= 0.6 is 11.6 Å². The van der Waals surface area contributed by atoms with Crippen molar-refractivity contribution in [1.82, 2.24) is 0 Å². The minimum absolute atomic E-state index is 0.437. The fourth-order valence-electron chi connectivity index (χ4n) is 1.78. The largest absolute Gasteiger partial charge is 0.385 e. The molecule has 0 unspecified atom stereocenters. The SMILES string of the molecule is NC1CC(CNc2ccc(Cl)cc2)C1. The Morgan fingerprint density at radius 2 is 1.93 bits per heavy atom. The average molecular weight is 211 g/mol. The van der Waals surface area contributed by atoms with Gasteiger partial charge in [0.2, 0.25) is 0 Å². The molecule has 1 aromatic carbocycles. The lowest BCUT2D eigenvalue weighted by molar-refractivity contribution is 0.280. The molecule has 0 spiro atoms. The molecule has 2 rings (SSSR count). The van der Waals surface area contributed by atoms with Gasteiger partial charge >= 0.3 is 0 Å². The quantitative estimate of drug-likeness (QED) is 0.805. The Balaban J connectivity index is 1.78. The zero-order valence-corrected chi connectivity index (χ0v) is 8.80. The van der Waals surface area contributed by atoms with Gasteiger partial charge in [-0.2, -0.15) is 0 Å². The number of hydrogen-bond donors (Lipinski definition) is 2. The maximum Gasteiger partial charge on any atom is 0.0407 e. The number of rotatable bonds is 3. The van der Waals surface area contributed by atoms with E-state index in [0.29, 0.717) is 6.04 Å². The van der Waals surface area contributed by atoms with E-state index in [1.807, 2.05) is 24.3 Å². The third kappa shape index (κ3) is 2.40. The van der Waals surface area contributed by atoms with Crippen molar-refractivity contribution in [3.63, 3.8) is 0 Å². The van der Waals surface area contributed by atoms with Gasteiger partial charge < -0.3 is 11.1 Å². The monoisotopic (exact) mass is 210 g/mol. The normalized spacial score (nSPS) is 25.6. The summed E-state index contributed by atoms with van der Waals surface area (Å²) in [6, 6.07) is 8.24. The number of nitrogens with one attached hydrogen (secondary N) is 1. The maximum absolute atomic E-state index is 5.79. The maximum atomic E-state index is 5.79. The number of benzene rings is 1. The lowest BCUT2D eigenvalue weighted by atomic mass is 9.81. The van der Waals surface area contributed by atoms with E-state index < -0.39 is 0 Å². The van der Waals surface area contributed by atoms with Crippen LogP contribution in [-0.4, -0.2) is 12.6 Å². The smallest absolute Gasteiger partial charge is 0.0407 e. The Labute approximate surface area is 89.4 Å². The van der Waals surface area contributed by atoms with Gasteiger partial charge in [0, 0.05) is 23.3 Å². The summed E-state index contributed by atoms with van der Waals surface area (Å²) in [4.78, 5) is 0. The zero-order valence-electron chi connectivity index (χ0n) is 8.04. The van der Waals surface area contributed by atoms with Gasteiger partial charge in [-0.3, -0.25) is 0 Å². The predicted molar refractivity (Wildman–Crippen MR) is 60.6 cm³/mol. The number of halogens is 1. The van der Waals surface area contributed by atoms with Gasteiger partial charge in [0.1, 0.15) is 0 Å². The minimum atomic E-state index is 0.437. The Morgan fingerprint density at radius 1 is 1.29 bits per heavy atom. The van der Waals surface area contributed by atoms with E-state index in [1.165, 1.54) is 0 Å². The molecular weight excluding hydrogens is 196 g/mol. The van der Waals surface area contributed by atoms with Crippen LogP contribution < -0.4 is 11.1 Å². The molecule has 14 heavy (non-hydrogen) atoms. The second kappa shape index (κ2) is 4.20. The lowest BCUT2D eigenvalue weighted by Crippen LogP contribution is -2.39. The molecule has 1 aliphatic carbocycles. The molecule has 0 aliphatic heterocycles. The second-order valence-corrected chi connectivity index (χ2v) is 4.42. The molecule has 1 saturated carbocycles. The molecule has 0 saturated heterocycles. The van der Waals surface area contributed by atoms with Gasteiger partial charge in [0.15, 0.2) is 0 Å². The molecule has 3 N–H and O–H groups in total. The summed E-state index contributed by atoms with van der Waals surface area (Å²) in [5, 5.41) is 4.16. The standard InChI is InChI=1S/C11H15ClN2/c12-9-1-3-11(4-2-9)14-7-8-5-10(13)6-8/h1-4,8,10,14H,5-7,13H2. The van der Waals surface area contributed by atoms with Gasteiger partial charge in [0.25, 0.3) is 0 Å². The summed E-state index contributed by atoms with van der Waals surface area (Å²) in [5.74, 6) is 0.751. The van der Waals surface area contributed by atoms with E-state index in [0.717, 1.165) is 36.0 Å². The topological polar surface area (TPSA) is 38.0 Å². The fourth-order valence-corrected chi connectivity index (χ4v) is 1.91. The first kappa shape index (κ1) is 9.81. The van der Waals surface area contributed by atoms with E-state index in [9.17, 15) is 0 Å². The van der Waals surface area contributed by atoms with Crippen LogP contribution in [0.5, 0.6) is 0 Å². The highest BCUT2D eigenvalue weighted by Crippen LogP contribution is 2.25. The fraction of sp³-hybridized carbons (Fsp3) is 0.455. The molecule has 0 atom stereocenters. The van der Waals surface area contributed by atoms with Crippen molar-refractivity contribution in [2.75, 3.05) is 11.9 Å². The molecule has 1 fully saturated rings. The molecule has 0 heterocycles. The van der Waals surface area contributed by atoms with Gasteiger partial charge in [-0.25, -0.2) is 0 Å². The van der Waals surface area contributed by atoms with E-state index >= 15 is 0 Å². The van der Waals surface area contributed by atoms with Crippen molar-refractivity contribution in [2.24, 2.45) is 11.7 Å². The van der Waals surface area contributed by atoms with E-state index in [1.54, 1.807) is 0 Å².